The maximum absolute atomic E-state index is 11.9. The normalized spacial score (nSPS) is 30.1. The largest absolute Gasteiger partial charge is 0.391 e. The molecule has 4 heteroatoms. The Kier molecular flexibility index (Phi) is 5.45. The quantitative estimate of drug-likeness (QED) is 0.706. The van der Waals surface area contributed by atoms with E-state index in [1.165, 1.54) is 12.8 Å². The third-order valence-corrected chi connectivity index (χ3v) is 4.31. The third-order valence-electron chi connectivity index (χ3n) is 4.31. The van der Waals surface area contributed by atoms with Crippen molar-refractivity contribution in [3.8, 4) is 0 Å². The fourth-order valence-electron chi connectivity index (χ4n) is 3.06. The molecular formula is C14H26N2O2. The number of aliphatic hydroxyl groups is 1. The van der Waals surface area contributed by atoms with Crippen molar-refractivity contribution in [1.82, 2.24) is 10.6 Å². The maximum Gasteiger partial charge on any atom is 0.220 e. The lowest BCUT2D eigenvalue weighted by atomic mass is 9.91. The lowest BCUT2D eigenvalue weighted by Gasteiger charge is -2.28. The van der Waals surface area contributed by atoms with E-state index in [-0.39, 0.29) is 18.1 Å². The summed E-state index contributed by atoms with van der Waals surface area (Å²) in [6, 6.07) is -0.000674. The van der Waals surface area contributed by atoms with Crippen LogP contribution in [0.5, 0.6) is 0 Å². The molecule has 0 aromatic carbocycles. The summed E-state index contributed by atoms with van der Waals surface area (Å²) in [6.45, 7) is 2.18. The van der Waals surface area contributed by atoms with Crippen molar-refractivity contribution in [2.24, 2.45) is 5.92 Å². The Morgan fingerprint density at radius 2 is 1.89 bits per heavy atom. The Morgan fingerprint density at radius 1 is 1.17 bits per heavy atom. The highest BCUT2D eigenvalue weighted by Gasteiger charge is 2.24. The number of nitrogens with one attached hydrogen (secondary N) is 2. The zero-order valence-corrected chi connectivity index (χ0v) is 11.2. The van der Waals surface area contributed by atoms with Crippen LogP contribution in [0.1, 0.15) is 51.4 Å². The Bertz CT molecular complexity index is 265. The second-order valence-corrected chi connectivity index (χ2v) is 5.76. The van der Waals surface area contributed by atoms with E-state index in [0.717, 1.165) is 45.2 Å². The van der Waals surface area contributed by atoms with Gasteiger partial charge in [-0.3, -0.25) is 4.79 Å². The summed E-state index contributed by atoms with van der Waals surface area (Å²) < 4.78 is 0. The Labute approximate surface area is 110 Å². The predicted octanol–water partition coefficient (Wildman–Crippen LogP) is 1.19. The Balaban J connectivity index is 1.64. The molecule has 1 saturated carbocycles. The molecule has 0 radical (unpaired) electrons. The number of hydrogen-bond donors (Lipinski definition) is 3. The highest BCUT2D eigenvalue weighted by molar-refractivity contribution is 5.76. The first kappa shape index (κ1) is 13.8. The van der Waals surface area contributed by atoms with Crippen LogP contribution in [0.15, 0.2) is 0 Å². The van der Waals surface area contributed by atoms with E-state index in [1.54, 1.807) is 0 Å². The first-order chi connectivity index (χ1) is 8.75. The van der Waals surface area contributed by atoms with Gasteiger partial charge in [-0.2, -0.15) is 0 Å². The van der Waals surface area contributed by atoms with E-state index < -0.39 is 0 Å². The van der Waals surface area contributed by atoms with Crippen LogP contribution in [0.4, 0.5) is 0 Å². The number of hydrogen-bond acceptors (Lipinski definition) is 3. The van der Waals surface area contributed by atoms with E-state index in [2.05, 4.69) is 10.6 Å². The van der Waals surface area contributed by atoms with E-state index in [9.17, 15) is 9.90 Å². The monoisotopic (exact) mass is 254 g/mol. The van der Waals surface area contributed by atoms with Gasteiger partial charge in [0.05, 0.1) is 12.1 Å². The van der Waals surface area contributed by atoms with Crippen molar-refractivity contribution < 1.29 is 9.90 Å². The van der Waals surface area contributed by atoms with Gasteiger partial charge in [-0.15, -0.1) is 0 Å². The number of carbonyl (C=O) groups excluding carboxylic acids is 1. The predicted molar refractivity (Wildman–Crippen MR) is 71.2 cm³/mol. The van der Waals surface area contributed by atoms with Crippen LogP contribution in [-0.4, -0.2) is 36.2 Å². The summed E-state index contributed by atoms with van der Waals surface area (Å²) in [5.74, 6) is 0.827. The summed E-state index contributed by atoms with van der Waals surface area (Å²) in [6.07, 6.45) is 7.64. The molecule has 0 spiro atoms. The number of rotatable bonds is 4. The molecule has 3 N–H and O–H groups in total. The third kappa shape index (κ3) is 4.25. The fraction of sp³-hybridized carbons (Fsp3) is 0.929. The molecule has 2 atom stereocenters. The Morgan fingerprint density at radius 3 is 2.61 bits per heavy atom. The van der Waals surface area contributed by atoms with Gasteiger partial charge >= 0.3 is 0 Å². The second kappa shape index (κ2) is 7.10. The van der Waals surface area contributed by atoms with Crippen LogP contribution in [0.25, 0.3) is 0 Å². The number of aliphatic hydroxyl groups excluding tert-OH is 1. The van der Waals surface area contributed by atoms with Gasteiger partial charge in [0, 0.05) is 6.42 Å². The molecule has 18 heavy (non-hydrogen) atoms. The molecule has 2 rings (SSSR count). The molecule has 0 aromatic rings. The highest BCUT2D eigenvalue weighted by atomic mass is 16.3. The van der Waals surface area contributed by atoms with Crippen LogP contribution in [0, 0.1) is 5.92 Å². The summed E-state index contributed by atoms with van der Waals surface area (Å²) >= 11 is 0. The molecule has 1 heterocycles. The van der Waals surface area contributed by atoms with Crippen LogP contribution in [0.3, 0.4) is 0 Å². The number of piperidine rings is 1. The summed E-state index contributed by atoms with van der Waals surface area (Å²) in [7, 11) is 0. The van der Waals surface area contributed by atoms with Crippen LogP contribution in [-0.2, 0) is 4.79 Å². The van der Waals surface area contributed by atoms with Gasteiger partial charge in [-0.25, -0.2) is 0 Å². The van der Waals surface area contributed by atoms with Gasteiger partial charge in [0.2, 0.25) is 5.91 Å². The van der Waals surface area contributed by atoms with E-state index >= 15 is 0 Å². The van der Waals surface area contributed by atoms with Crippen molar-refractivity contribution in [2.75, 3.05) is 13.1 Å². The van der Waals surface area contributed by atoms with Gasteiger partial charge in [0.15, 0.2) is 0 Å². The molecular weight excluding hydrogens is 228 g/mol. The molecule has 2 fully saturated rings. The van der Waals surface area contributed by atoms with Crippen LogP contribution < -0.4 is 10.6 Å². The average Bonchev–Trinajstić information content (AvgIpc) is 2.40. The smallest absolute Gasteiger partial charge is 0.220 e. The van der Waals surface area contributed by atoms with Gasteiger partial charge < -0.3 is 15.7 Å². The average molecular weight is 254 g/mol. The molecule has 2 unspecified atom stereocenters. The molecule has 2 aliphatic rings. The number of amides is 1. The van der Waals surface area contributed by atoms with E-state index in [0.29, 0.717) is 12.3 Å². The van der Waals surface area contributed by atoms with Gasteiger partial charge in [-0.1, -0.05) is 12.8 Å². The highest BCUT2D eigenvalue weighted by Crippen LogP contribution is 2.20. The lowest BCUT2D eigenvalue weighted by molar-refractivity contribution is -0.123. The first-order valence-electron chi connectivity index (χ1n) is 7.44. The van der Waals surface area contributed by atoms with E-state index in [4.69, 9.17) is 0 Å². The number of carbonyl (C=O) groups is 1. The van der Waals surface area contributed by atoms with Gasteiger partial charge in [0.1, 0.15) is 0 Å². The zero-order chi connectivity index (χ0) is 12.8. The fourth-order valence-corrected chi connectivity index (χ4v) is 3.06. The minimum atomic E-state index is -0.332. The van der Waals surface area contributed by atoms with Gasteiger partial charge in [0.25, 0.3) is 0 Å². The molecule has 1 saturated heterocycles. The second-order valence-electron chi connectivity index (χ2n) is 5.76. The van der Waals surface area contributed by atoms with Crippen LogP contribution >= 0.6 is 0 Å². The van der Waals surface area contributed by atoms with Crippen molar-refractivity contribution in [2.45, 2.75) is 63.5 Å². The molecule has 104 valence electrons. The zero-order valence-electron chi connectivity index (χ0n) is 11.2. The van der Waals surface area contributed by atoms with Crippen molar-refractivity contribution in [3.63, 3.8) is 0 Å². The molecule has 0 aromatic heterocycles. The van der Waals surface area contributed by atoms with E-state index in [1.807, 2.05) is 0 Å². The van der Waals surface area contributed by atoms with Gasteiger partial charge in [-0.05, 0) is 51.1 Å². The Hall–Kier alpha value is -0.610. The molecule has 4 nitrogen and oxygen atoms in total. The lowest BCUT2D eigenvalue weighted by Crippen LogP contribution is -2.45. The first-order valence-corrected chi connectivity index (χ1v) is 7.44. The van der Waals surface area contributed by atoms with Crippen molar-refractivity contribution in [1.29, 1.82) is 0 Å². The summed E-state index contributed by atoms with van der Waals surface area (Å²) in [5.41, 5.74) is 0. The maximum atomic E-state index is 11.9. The summed E-state index contributed by atoms with van der Waals surface area (Å²) in [5, 5.41) is 16.2. The van der Waals surface area contributed by atoms with Crippen molar-refractivity contribution in [3.05, 3.63) is 0 Å². The SMILES string of the molecule is O=C(CCC1CCNCC1)NC1CCCCC1O. The standard InChI is InChI=1S/C14H26N2O2/c17-13-4-2-1-3-12(13)16-14(18)6-5-11-7-9-15-10-8-11/h11-13,15,17H,1-10H2,(H,16,18). The minimum Gasteiger partial charge on any atom is -0.391 e. The summed E-state index contributed by atoms with van der Waals surface area (Å²) in [4.78, 5) is 11.9. The molecule has 1 aliphatic heterocycles. The van der Waals surface area contributed by atoms with Crippen molar-refractivity contribution >= 4 is 5.91 Å². The molecule has 0 bridgehead atoms. The molecule has 1 aliphatic carbocycles. The minimum absolute atomic E-state index is 0.000674. The topological polar surface area (TPSA) is 61.4 Å². The van der Waals surface area contributed by atoms with Crippen LogP contribution in [0.2, 0.25) is 0 Å². The molecule has 1 amide bonds.